The summed E-state index contributed by atoms with van der Waals surface area (Å²) in [6, 6.07) is 2.05. The van der Waals surface area contributed by atoms with Crippen LogP contribution in [0.1, 0.15) is 6.92 Å². The Morgan fingerprint density at radius 1 is 1.29 bits per heavy atom. The molecule has 3 aromatic heterocycles. The second kappa shape index (κ2) is 4.38. The molecule has 6 heteroatoms. The van der Waals surface area contributed by atoms with E-state index in [9.17, 15) is 0 Å². The van der Waals surface area contributed by atoms with Crippen LogP contribution >= 0.6 is 22.7 Å². The predicted octanol–water partition coefficient (Wildman–Crippen LogP) is 3.25. The molecule has 0 bridgehead atoms. The minimum absolute atomic E-state index is 0.749. The van der Waals surface area contributed by atoms with Crippen LogP contribution in [0.5, 0.6) is 0 Å². The van der Waals surface area contributed by atoms with Crippen molar-refractivity contribution < 1.29 is 0 Å². The summed E-state index contributed by atoms with van der Waals surface area (Å²) < 4.78 is 0. The largest absolute Gasteiger partial charge is 0.370 e. The van der Waals surface area contributed by atoms with Gasteiger partial charge in [0.2, 0.25) is 0 Å². The number of nitrogens with one attached hydrogen (secondary N) is 1. The zero-order chi connectivity index (χ0) is 11.7. The number of hydrogen-bond donors (Lipinski definition) is 1. The van der Waals surface area contributed by atoms with E-state index in [1.807, 2.05) is 5.38 Å². The third kappa shape index (κ3) is 1.89. The molecule has 0 aliphatic carbocycles. The van der Waals surface area contributed by atoms with E-state index in [2.05, 4.69) is 33.3 Å². The van der Waals surface area contributed by atoms with Crippen LogP contribution < -0.4 is 5.32 Å². The first-order valence-electron chi connectivity index (χ1n) is 5.26. The zero-order valence-electron chi connectivity index (χ0n) is 9.17. The Labute approximate surface area is 106 Å². The van der Waals surface area contributed by atoms with Crippen molar-refractivity contribution in [3.05, 3.63) is 23.2 Å². The Morgan fingerprint density at radius 2 is 2.24 bits per heavy atom. The van der Waals surface area contributed by atoms with Gasteiger partial charge in [0.25, 0.3) is 0 Å². The first kappa shape index (κ1) is 10.6. The van der Waals surface area contributed by atoms with Gasteiger partial charge in [-0.2, -0.15) is 0 Å². The maximum atomic E-state index is 4.56. The predicted molar refractivity (Wildman–Crippen MR) is 72.7 cm³/mol. The smallest absolute Gasteiger partial charge is 0.174 e. The van der Waals surface area contributed by atoms with E-state index in [-0.39, 0.29) is 0 Å². The molecule has 0 atom stereocenters. The van der Waals surface area contributed by atoms with Crippen LogP contribution in [0.15, 0.2) is 23.2 Å². The van der Waals surface area contributed by atoms with Crippen molar-refractivity contribution in [1.29, 1.82) is 0 Å². The van der Waals surface area contributed by atoms with Crippen LogP contribution in [0, 0.1) is 0 Å². The highest BCUT2D eigenvalue weighted by Gasteiger charge is 2.10. The molecule has 0 saturated carbocycles. The van der Waals surface area contributed by atoms with Gasteiger partial charge in [-0.15, -0.1) is 22.7 Å². The minimum atomic E-state index is 0.749. The van der Waals surface area contributed by atoms with Crippen LogP contribution in [0.2, 0.25) is 0 Å². The monoisotopic (exact) mass is 262 g/mol. The van der Waals surface area contributed by atoms with Crippen molar-refractivity contribution in [2.45, 2.75) is 6.92 Å². The highest BCUT2D eigenvalue weighted by Crippen LogP contribution is 2.29. The Bertz CT molecular complexity index is 630. The summed E-state index contributed by atoms with van der Waals surface area (Å²) in [5.74, 6) is 1.65. The van der Waals surface area contributed by atoms with Crippen LogP contribution in [0.4, 0.5) is 5.82 Å². The van der Waals surface area contributed by atoms with Crippen molar-refractivity contribution in [2.75, 3.05) is 11.9 Å². The highest BCUT2D eigenvalue weighted by molar-refractivity contribution is 7.16. The van der Waals surface area contributed by atoms with Crippen molar-refractivity contribution in [1.82, 2.24) is 15.0 Å². The molecule has 0 saturated heterocycles. The van der Waals surface area contributed by atoms with E-state index >= 15 is 0 Å². The third-order valence-electron chi connectivity index (χ3n) is 2.32. The fourth-order valence-corrected chi connectivity index (χ4v) is 2.91. The van der Waals surface area contributed by atoms with Gasteiger partial charge in [0.1, 0.15) is 10.6 Å². The number of thiophene rings is 1. The molecule has 0 radical (unpaired) electrons. The van der Waals surface area contributed by atoms with Gasteiger partial charge in [-0.25, -0.2) is 9.97 Å². The van der Waals surface area contributed by atoms with Gasteiger partial charge >= 0.3 is 0 Å². The van der Waals surface area contributed by atoms with E-state index in [1.54, 1.807) is 34.4 Å². The molecule has 0 aromatic carbocycles. The summed E-state index contributed by atoms with van der Waals surface area (Å²) >= 11 is 3.19. The number of hydrogen-bond acceptors (Lipinski definition) is 6. The Morgan fingerprint density at radius 3 is 3.00 bits per heavy atom. The van der Waals surface area contributed by atoms with Crippen LogP contribution in [0.3, 0.4) is 0 Å². The fourth-order valence-electron chi connectivity index (χ4n) is 1.59. The molecule has 0 unspecified atom stereocenters. The van der Waals surface area contributed by atoms with Crippen molar-refractivity contribution >= 4 is 38.7 Å². The summed E-state index contributed by atoms with van der Waals surface area (Å²) in [5, 5.41) is 6.41. The van der Waals surface area contributed by atoms with Gasteiger partial charge < -0.3 is 5.32 Å². The van der Waals surface area contributed by atoms with Gasteiger partial charge in [0.15, 0.2) is 5.82 Å². The van der Waals surface area contributed by atoms with Gasteiger partial charge in [0, 0.05) is 12.7 Å². The summed E-state index contributed by atoms with van der Waals surface area (Å²) in [5.41, 5.74) is 1.80. The van der Waals surface area contributed by atoms with Gasteiger partial charge in [-0.05, 0) is 18.4 Å². The van der Waals surface area contributed by atoms with E-state index < -0.39 is 0 Å². The topological polar surface area (TPSA) is 50.7 Å². The molecule has 0 aliphatic heterocycles. The van der Waals surface area contributed by atoms with Crippen molar-refractivity contribution in [3.8, 4) is 10.7 Å². The van der Waals surface area contributed by atoms with E-state index in [1.165, 1.54) is 0 Å². The molecule has 0 amide bonds. The third-order valence-corrected chi connectivity index (χ3v) is 3.90. The van der Waals surface area contributed by atoms with E-state index in [4.69, 9.17) is 0 Å². The number of fused-ring (bicyclic) bond motifs is 1. The van der Waals surface area contributed by atoms with Gasteiger partial charge in [-0.1, -0.05) is 0 Å². The molecule has 4 nitrogen and oxygen atoms in total. The number of thiazole rings is 1. The lowest BCUT2D eigenvalue weighted by Gasteiger charge is -2.05. The van der Waals surface area contributed by atoms with Crippen molar-refractivity contribution in [3.63, 3.8) is 0 Å². The molecule has 3 aromatic rings. The molecule has 3 heterocycles. The van der Waals surface area contributed by atoms with Crippen LogP contribution in [0.25, 0.3) is 20.9 Å². The minimum Gasteiger partial charge on any atom is -0.370 e. The summed E-state index contributed by atoms with van der Waals surface area (Å²) in [7, 11) is 0. The summed E-state index contributed by atoms with van der Waals surface area (Å²) in [4.78, 5) is 15.2. The first-order valence-corrected chi connectivity index (χ1v) is 7.02. The fraction of sp³-hybridized carbons (Fsp3) is 0.182. The van der Waals surface area contributed by atoms with Gasteiger partial charge in [0.05, 0.1) is 15.8 Å². The Balaban J connectivity index is 2.20. The SMILES string of the molecule is CCNc1nc(-c2cncs2)nc2sccc12. The average Bonchev–Trinajstić information content (AvgIpc) is 3.00. The zero-order valence-corrected chi connectivity index (χ0v) is 10.8. The molecule has 3 rings (SSSR count). The van der Waals surface area contributed by atoms with Crippen LogP contribution in [-0.2, 0) is 0 Å². The second-order valence-electron chi connectivity index (χ2n) is 3.43. The second-order valence-corrected chi connectivity index (χ2v) is 5.21. The van der Waals surface area contributed by atoms with E-state index in [0.29, 0.717) is 0 Å². The molecule has 0 fully saturated rings. The highest BCUT2D eigenvalue weighted by atomic mass is 32.1. The maximum Gasteiger partial charge on any atom is 0.174 e. The number of rotatable bonds is 3. The molecular weight excluding hydrogens is 252 g/mol. The molecule has 86 valence electrons. The lowest BCUT2D eigenvalue weighted by Crippen LogP contribution is -2.01. The summed E-state index contributed by atoms with van der Waals surface area (Å²) in [6.07, 6.45) is 1.80. The van der Waals surface area contributed by atoms with Crippen LogP contribution in [-0.4, -0.2) is 21.5 Å². The van der Waals surface area contributed by atoms with Gasteiger partial charge in [-0.3, -0.25) is 4.98 Å². The normalized spacial score (nSPS) is 10.9. The number of aromatic nitrogens is 3. The first-order chi connectivity index (χ1) is 8.38. The molecule has 17 heavy (non-hydrogen) atoms. The lowest BCUT2D eigenvalue weighted by atomic mass is 10.3. The van der Waals surface area contributed by atoms with E-state index in [0.717, 1.165) is 33.3 Å². The summed E-state index contributed by atoms with van der Waals surface area (Å²) in [6.45, 7) is 2.91. The average molecular weight is 262 g/mol. The lowest BCUT2D eigenvalue weighted by molar-refractivity contribution is 1.15. The van der Waals surface area contributed by atoms with Crippen molar-refractivity contribution in [2.24, 2.45) is 0 Å². The molecule has 0 aliphatic rings. The Kier molecular flexibility index (Phi) is 2.74. The molecule has 1 N–H and O–H groups in total. The quantitative estimate of drug-likeness (QED) is 0.787. The standard InChI is InChI=1S/C11H10N4S2/c1-2-13-9-7-3-4-16-11(7)15-10(14-9)8-5-12-6-17-8/h3-6H,2H2,1H3,(H,13,14,15). The number of anilines is 1. The number of nitrogens with zero attached hydrogens (tertiary/aromatic N) is 3. The molecular formula is C11H10N4S2. The Hall–Kier alpha value is -1.53. The molecule has 0 spiro atoms. The maximum absolute atomic E-state index is 4.56.